The summed E-state index contributed by atoms with van der Waals surface area (Å²) in [7, 11) is 0. The van der Waals surface area contributed by atoms with Crippen molar-refractivity contribution in [1.82, 2.24) is 5.32 Å². The lowest BCUT2D eigenvalue weighted by Gasteiger charge is -2.33. The first kappa shape index (κ1) is 15.1. The van der Waals surface area contributed by atoms with Crippen LogP contribution in [-0.2, 0) is 4.74 Å². The van der Waals surface area contributed by atoms with E-state index in [0.717, 1.165) is 5.56 Å². The molecule has 0 aromatic heterocycles. The van der Waals surface area contributed by atoms with Crippen LogP contribution in [-0.4, -0.2) is 30.5 Å². The summed E-state index contributed by atoms with van der Waals surface area (Å²) in [5, 5.41) is 15.0. The Balaban J connectivity index is 1.95. The fourth-order valence-corrected chi connectivity index (χ4v) is 2.81. The number of halogens is 2. The number of benzene rings is 1. The summed E-state index contributed by atoms with van der Waals surface area (Å²) in [6.07, 6.45) is 1.34. The zero-order valence-corrected chi connectivity index (χ0v) is 12.5. The molecular weight excluding hydrogens is 285 g/mol. The molecule has 0 radical (unpaired) electrons. The maximum absolute atomic E-state index is 10.4. The van der Waals surface area contributed by atoms with Crippen molar-refractivity contribution in [2.24, 2.45) is 0 Å². The molecule has 0 bridgehead atoms. The lowest BCUT2D eigenvalue weighted by Crippen LogP contribution is -2.45. The van der Waals surface area contributed by atoms with Crippen LogP contribution in [0.5, 0.6) is 0 Å². The molecule has 0 aliphatic carbocycles. The Morgan fingerprint density at radius 2 is 2.05 bits per heavy atom. The van der Waals surface area contributed by atoms with E-state index in [-0.39, 0.29) is 6.04 Å². The molecule has 1 aliphatic rings. The maximum Gasteiger partial charge on any atom is 0.0815 e. The smallest absolute Gasteiger partial charge is 0.0815 e. The molecule has 2 rings (SSSR count). The third-order valence-corrected chi connectivity index (χ3v) is 4.15. The van der Waals surface area contributed by atoms with Crippen LogP contribution in [0.2, 0.25) is 10.0 Å². The Kier molecular flexibility index (Phi) is 5.09. The van der Waals surface area contributed by atoms with Crippen molar-refractivity contribution in [2.45, 2.75) is 31.4 Å². The summed E-state index contributed by atoms with van der Waals surface area (Å²) >= 11 is 12.1. The zero-order chi connectivity index (χ0) is 13.9. The van der Waals surface area contributed by atoms with Crippen molar-refractivity contribution in [3.8, 4) is 0 Å². The van der Waals surface area contributed by atoms with Gasteiger partial charge in [-0.3, -0.25) is 0 Å². The molecule has 1 heterocycles. The molecule has 0 amide bonds. The van der Waals surface area contributed by atoms with Crippen LogP contribution in [0.3, 0.4) is 0 Å². The second-order valence-corrected chi connectivity index (χ2v) is 5.95. The van der Waals surface area contributed by atoms with Crippen LogP contribution < -0.4 is 5.32 Å². The second kappa shape index (κ2) is 6.42. The lowest BCUT2D eigenvalue weighted by molar-refractivity contribution is -0.0626. The van der Waals surface area contributed by atoms with Gasteiger partial charge in [0.15, 0.2) is 0 Å². The Hall–Kier alpha value is -0.320. The van der Waals surface area contributed by atoms with E-state index in [4.69, 9.17) is 27.9 Å². The predicted molar refractivity (Wildman–Crippen MR) is 77.9 cm³/mol. The number of aliphatic hydroxyl groups is 1. The van der Waals surface area contributed by atoms with Gasteiger partial charge in [0.1, 0.15) is 0 Å². The lowest BCUT2D eigenvalue weighted by atomic mass is 9.94. The molecule has 0 saturated carbocycles. The predicted octanol–water partition coefficient (Wildman–Crippen LogP) is 3.19. The van der Waals surface area contributed by atoms with E-state index in [0.29, 0.717) is 42.6 Å². The van der Waals surface area contributed by atoms with E-state index in [2.05, 4.69) is 5.32 Å². The van der Waals surface area contributed by atoms with Gasteiger partial charge in [-0.05, 0) is 24.6 Å². The highest BCUT2D eigenvalue weighted by Crippen LogP contribution is 2.27. The molecule has 5 heteroatoms. The van der Waals surface area contributed by atoms with Crippen molar-refractivity contribution in [1.29, 1.82) is 0 Å². The molecule has 1 aliphatic heterocycles. The minimum absolute atomic E-state index is 0.0663. The molecule has 106 valence electrons. The van der Waals surface area contributed by atoms with Gasteiger partial charge in [-0.25, -0.2) is 0 Å². The van der Waals surface area contributed by atoms with E-state index in [1.54, 1.807) is 6.07 Å². The molecule has 1 saturated heterocycles. The van der Waals surface area contributed by atoms with Crippen molar-refractivity contribution in [2.75, 3.05) is 19.8 Å². The summed E-state index contributed by atoms with van der Waals surface area (Å²) in [6.45, 7) is 3.80. The number of rotatable bonds is 4. The third-order valence-electron chi connectivity index (χ3n) is 3.59. The first-order valence-electron chi connectivity index (χ1n) is 6.49. The van der Waals surface area contributed by atoms with Crippen LogP contribution in [0.4, 0.5) is 0 Å². The summed E-state index contributed by atoms with van der Waals surface area (Å²) in [4.78, 5) is 0. The summed E-state index contributed by atoms with van der Waals surface area (Å²) in [6, 6.07) is 5.54. The molecule has 1 atom stereocenters. The van der Waals surface area contributed by atoms with Gasteiger partial charge in [-0.1, -0.05) is 29.3 Å². The molecule has 0 spiro atoms. The van der Waals surface area contributed by atoms with Crippen LogP contribution in [0.1, 0.15) is 31.4 Å². The van der Waals surface area contributed by atoms with Gasteiger partial charge in [0.05, 0.1) is 5.60 Å². The Labute approximate surface area is 123 Å². The van der Waals surface area contributed by atoms with Gasteiger partial charge in [0, 0.05) is 48.7 Å². The third kappa shape index (κ3) is 4.07. The van der Waals surface area contributed by atoms with E-state index in [1.165, 1.54) is 0 Å². The summed E-state index contributed by atoms with van der Waals surface area (Å²) < 4.78 is 5.27. The monoisotopic (exact) mass is 303 g/mol. The molecule has 2 N–H and O–H groups in total. The number of ether oxygens (including phenoxy) is 1. The minimum atomic E-state index is -0.675. The molecule has 1 aromatic rings. The molecular formula is C14H19Cl2NO2. The van der Waals surface area contributed by atoms with E-state index < -0.39 is 5.60 Å². The average molecular weight is 304 g/mol. The Morgan fingerprint density at radius 1 is 1.37 bits per heavy atom. The SMILES string of the molecule is CC(NCC1(O)CCOCC1)c1ccc(Cl)cc1Cl. The van der Waals surface area contributed by atoms with Gasteiger partial charge < -0.3 is 15.2 Å². The maximum atomic E-state index is 10.4. The van der Waals surface area contributed by atoms with Crippen molar-refractivity contribution < 1.29 is 9.84 Å². The van der Waals surface area contributed by atoms with Crippen molar-refractivity contribution >= 4 is 23.2 Å². The van der Waals surface area contributed by atoms with Gasteiger partial charge in [0.2, 0.25) is 0 Å². The second-order valence-electron chi connectivity index (χ2n) is 5.11. The number of hydrogen-bond donors (Lipinski definition) is 2. The topological polar surface area (TPSA) is 41.5 Å². The van der Waals surface area contributed by atoms with Gasteiger partial charge in [-0.2, -0.15) is 0 Å². The Bertz CT molecular complexity index is 433. The Morgan fingerprint density at radius 3 is 2.68 bits per heavy atom. The highest BCUT2D eigenvalue weighted by molar-refractivity contribution is 6.35. The molecule has 1 unspecified atom stereocenters. The number of hydrogen-bond acceptors (Lipinski definition) is 3. The fourth-order valence-electron chi connectivity index (χ4n) is 2.23. The molecule has 3 nitrogen and oxygen atoms in total. The fraction of sp³-hybridized carbons (Fsp3) is 0.571. The van der Waals surface area contributed by atoms with E-state index in [1.807, 2.05) is 19.1 Å². The molecule has 19 heavy (non-hydrogen) atoms. The van der Waals surface area contributed by atoms with Crippen LogP contribution >= 0.6 is 23.2 Å². The van der Waals surface area contributed by atoms with Crippen LogP contribution in [0, 0.1) is 0 Å². The summed E-state index contributed by atoms with van der Waals surface area (Å²) in [5.41, 5.74) is 0.313. The van der Waals surface area contributed by atoms with Crippen LogP contribution in [0.15, 0.2) is 18.2 Å². The largest absolute Gasteiger partial charge is 0.388 e. The highest BCUT2D eigenvalue weighted by Gasteiger charge is 2.30. The minimum Gasteiger partial charge on any atom is -0.388 e. The quantitative estimate of drug-likeness (QED) is 0.897. The van der Waals surface area contributed by atoms with E-state index >= 15 is 0 Å². The normalized spacial score (nSPS) is 20.2. The van der Waals surface area contributed by atoms with E-state index in [9.17, 15) is 5.11 Å². The highest BCUT2D eigenvalue weighted by atomic mass is 35.5. The van der Waals surface area contributed by atoms with Gasteiger partial charge in [-0.15, -0.1) is 0 Å². The zero-order valence-electron chi connectivity index (χ0n) is 11.0. The average Bonchev–Trinajstić information content (AvgIpc) is 2.37. The standard InChI is InChI=1S/C14H19Cl2NO2/c1-10(12-3-2-11(15)8-13(12)16)17-9-14(18)4-6-19-7-5-14/h2-3,8,10,17-18H,4-7,9H2,1H3. The van der Waals surface area contributed by atoms with Crippen LogP contribution in [0.25, 0.3) is 0 Å². The summed E-state index contributed by atoms with van der Waals surface area (Å²) in [5.74, 6) is 0. The first-order valence-corrected chi connectivity index (χ1v) is 7.24. The molecule has 1 fully saturated rings. The van der Waals surface area contributed by atoms with Gasteiger partial charge in [0.25, 0.3) is 0 Å². The van der Waals surface area contributed by atoms with Gasteiger partial charge >= 0.3 is 0 Å². The molecule has 1 aromatic carbocycles. The number of nitrogens with one attached hydrogen (secondary N) is 1. The van der Waals surface area contributed by atoms with Crippen molar-refractivity contribution in [3.63, 3.8) is 0 Å². The van der Waals surface area contributed by atoms with Crippen molar-refractivity contribution in [3.05, 3.63) is 33.8 Å². The first-order chi connectivity index (χ1) is 9.00.